The Labute approximate surface area is 156 Å². The van der Waals surface area contributed by atoms with Gasteiger partial charge in [-0.1, -0.05) is 42.4 Å². The molecule has 7 heteroatoms. The van der Waals surface area contributed by atoms with E-state index in [0.717, 1.165) is 5.56 Å². The van der Waals surface area contributed by atoms with E-state index in [2.05, 4.69) is 4.99 Å². The van der Waals surface area contributed by atoms with E-state index < -0.39 is 12.0 Å². The van der Waals surface area contributed by atoms with E-state index in [1.165, 1.54) is 11.8 Å². The van der Waals surface area contributed by atoms with Crippen LogP contribution in [0, 0.1) is 0 Å². The van der Waals surface area contributed by atoms with Crippen LogP contribution in [0.4, 0.5) is 0 Å². The number of rotatable bonds is 4. The number of ether oxygens (including phenoxy) is 1. The first kappa shape index (κ1) is 18.0. The van der Waals surface area contributed by atoms with Gasteiger partial charge >= 0.3 is 5.97 Å². The van der Waals surface area contributed by atoms with Gasteiger partial charge in [-0.2, -0.15) is 0 Å². The summed E-state index contributed by atoms with van der Waals surface area (Å²) in [7, 11) is 0. The van der Waals surface area contributed by atoms with Crippen molar-refractivity contribution in [2.75, 3.05) is 6.61 Å². The van der Waals surface area contributed by atoms with Crippen molar-refractivity contribution >= 4 is 40.4 Å². The molecule has 2 aliphatic rings. The molecule has 0 aliphatic carbocycles. The first-order valence-corrected chi connectivity index (χ1v) is 9.45. The highest BCUT2D eigenvalue weighted by Crippen LogP contribution is 2.44. The van der Waals surface area contributed by atoms with Crippen molar-refractivity contribution in [3.63, 3.8) is 0 Å². The van der Waals surface area contributed by atoms with Gasteiger partial charge in [-0.05, 0) is 38.0 Å². The van der Waals surface area contributed by atoms with E-state index in [9.17, 15) is 9.59 Å². The summed E-state index contributed by atoms with van der Waals surface area (Å²) >= 11 is 7.45. The molecule has 1 aromatic carbocycles. The third-order valence-corrected chi connectivity index (χ3v) is 5.77. The number of amides is 1. The molecular formula is C18H19ClN2O3S. The van der Waals surface area contributed by atoms with Crippen LogP contribution in [0.3, 0.4) is 0 Å². The number of carbonyl (C=O) groups excluding carboxylic acids is 2. The topological polar surface area (TPSA) is 59.0 Å². The van der Waals surface area contributed by atoms with Gasteiger partial charge in [-0.3, -0.25) is 9.69 Å². The number of thioether (sulfide) groups is 1. The third-order valence-electron chi connectivity index (χ3n) is 4.20. The lowest BCUT2D eigenvalue weighted by Crippen LogP contribution is -2.40. The lowest BCUT2D eigenvalue weighted by molar-refractivity contribution is -0.139. The number of esters is 1. The van der Waals surface area contributed by atoms with Gasteiger partial charge in [0.2, 0.25) is 5.91 Å². The maximum atomic E-state index is 12.9. The Hall–Kier alpha value is -1.79. The summed E-state index contributed by atoms with van der Waals surface area (Å²) in [4.78, 5) is 31.6. The number of hydrogen-bond donors (Lipinski definition) is 0. The minimum Gasteiger partial charge on any atom is -0.463 e. The molecule has 0 N–H and O–H groups in total. The second-order valence-electron chi connectivity index (χ2n) is 5.79. The first-order chi connectivity index (χ1) is 12.0. The standard InChI is InChI=1S/C18H19ClN2O3S/c1-4-13-16(22)21-15(11-6-8-12(19)9-7-11)14(17(23)24-5-2)10(3)20-18(21)25-13/h6-9,13,15H,4-5H2,1-3H3/t13-,15-/m1/s1. The number of amidine groups is 1. The van der Waals surface area contributed by atoms with E-state index >= 15 is 0 Å². The Bertz CT molecular complexity index is 773. The molecule has 0 radical (unpaired) electrons. The molecule has 3 rings (SSSR count). The normalized spacial score (nSPS) is 22.8. The second-order valence-corrected chi connectivity index (χ2v) is 7.40. The number of benzene rings is 1. The number of fused-ring (bicyclic) bond motifs is 1. The SMILES string of the molecule is CCOC(=O)C1=C(C)N=C2S[C@H](CC)C(=O)N2[C@@H]1c1ccc(Cl)cc1. The summed E-state index contributed by atoms with van der Waals surface area (Å²) in [5, 5.41) is 1.06. The summed E-state index contributed by atoms with van der Waals surface area (Å²) in [6.07, 6.45) is 0.708. The fraction of sp³-hybridized carbons (Fsp3) is 0.389. The van der Waals surface area contributed by atoms with Crippen molar-refractivity contribution in [3.05, 3.63) is 46.1 Å². The third kappa shape index (κ3) is 3.20. The number of aliphatic imine (C=N–C) groups is 1. The molecule has 2 heterocycles. The Balaban J connectivity index is 2.13. The van der Waals surface area contributed by atoms with E-state index in [4.69, 9.17) is 16.3 Å². The summed E-state index contributed by atoms with van der Waals surface area (Å²) in [5.41, 5.74) is 1.80. The van der Waals surface area contributed by atoms with Gasteiger partial charge in [0.25, 0.3) is 0 Å². The second kappa shape index (κ2) is 7.22. The van der Waals surface area contributed by atoms with Crippen LogP contribution in [0.1, 0.15) is 38.8 Å². The number of hydrogen-bond acceptors (Lipinski definition) is 5. The molecule has 0 spiro atoms. The molecule has 0 aromatic heterocycles. The molecule has 1 fully saturated rings. The molecule has 5 nitrogen and oxygen atoms in total. The van der Waals surface area contributed by atoms with Gasteiger partial charge in [0.15, 0.2) is 5.17 Å². The van der Waals surface area contributed by atoms with Crippen LogP contribution in [0.25, 0.3) is 0 Å². The van der Waals surface area contributed by atoms with Crippen LogP contribution in [0.15, 0.2) is 40.5 Å². The molecule has 2 atom stereocenters. The van der Waals surface area contributed by atoms with Crippen LogP contribution in [-0.4, -0.2) is 33.8 Å². The largest absolute Gasteiger partial charge is 0.463 e. The molecule has 25 heavy (non-hydrogen) atoms. The minimum absolute atomic E-state index is 0.0273. The molecule has 1 saturated heterocycles. The van der Waals surface area contributed by atoms with Crippen LogP contribution >= 0.6 is 23.4 Å². The van der Waals surface area contributed by atoms with Crippen molar-refractivity contribution in [1.29, 1.82) is 0 Å². The van der Waals surface area contributed by atoms with Crippen LogP contribution in [-0.2, 0) is 14.3 Å². The van der Waals surface area contributed by atoms with Gasteiger partial charge in [0.1, 0.15) is 0 Å². The Morgan fingerprint density at radius 3 is 2.60 bits per heavy atom. The van der Waals surface area contributed by atoms with Gasteiger partial charge in [0.05, 0.1) is 29.2 Å². The van der Waals surface area contributed by atoms with Gasteiger partial charge in [0, 0.05) is 5.02 Å². The highest BCUT2D eigenvalue weighted by atomic mass is 35.5. The highest BCUT2D eigenvalue weighted by Gasteiger charge is 2.47. The average molecular weight is 379 g/mol. The van der Waals surface area contributed by atoms with Gasteiger partial charge < -0.3 is 4.74 Å². The molecular weight excluding hydrogens is 360 g/mol. The fourth-order valence-electron chi connectivity index (χ4n) is 3.02. The molecule has 1 aromatic rings. The molecule has 2 aliphatic heterocycles. The lowest BCUT2D eigenvalue weighted by Gasteiger charge is -2.33. The molecule has 1 amide bonds. The zero-order chi connectivity index (χ0) is 18.1. The Morgan fingerprint density at radius 2 is 2.00 bits per heavy atom. The number of carbonyl (C=O) groups is 2. The summed E-state index contributed by atoms with van der Waals surface area (Å²) in [6, 6.07) is 6.64. The predicted molar refractivity (Wildman–Crippen MR) is 99.5 cm³/mol. The Kier molecular flexibility index (Phi) is 5.20. The maximum Gasteiger partial charge on any atom is 0.338 e. The van der Waals surface area contributed by atoms with Crippen molar-refractivity contribution in [2.24, 2.45) is 4.99 Å². The quantitative estimate of drug-likeness (QED) is 0.744. The number of allylic oxidation sites excluding steroid dienone is 1. The van der Waals surface area contributed by atoms with E-state index in [1.807, 2.05) is 19.1 Å². The molecule has 0 bridgehead atoms. The fourth-order valence-corrected chi connectivity index (χ4v) is 4.28. The summed E-state index contributed by atoms with van der Waals surface area (Å²) in [5.74, 6) is -0.471. The maximum absolute atomic E-state index is 12.9. The molecule has 0 unspecified atom stereocenters. The smallest absolute Gasteiger partial charge is 0.338 e. The average Bonchev–Trinajstić information content (AvgIpc) is 2.90. The van der Waals surface area contributed by atoms with Crippen LogP contribution in [0.5, 0.6) is 0 Å². The molecule has 132 valence electrons. The van der Waals surface area contributed by atoms with Gasteiger partial charge in [-0.15, -0.1) is 0 Å². The monoisotopic (exact) mass is 378 g/mol. The van der Waals surface area contributed by atoms with E-state index in [1.54, 1.807) is 30.9 Å². The Morgan fingerprint density at radius 1 is 1.32 bits per heavy atom. The number of nitrogens with zero attached hydrogens (tertiary/aromatic N) is 2. The van der Waals surface area contributed by atoms with Crippen molar-refractivity contribution in [2.45, 2.75) is 38.5 Å². The minimum atomic E-state index is -0.541. The van der Waals surface area contributed by atoms with Crippen molar-refractivity contribution < 1.29 is 14.3 Å². The van der Waals surface area contributed by atoms with Crippen LogP contribution < -0.4 is 0 Å². The lowest BCUT2D eigenvalue weighted by atomic mass is 9.94. The summed E-state index contributed by atoms with van der Waals surface area (Å²) < 4.78 is 5.23. The first-order valence-electron chi connectivity index (χ1n) is 8.19. The van der Waals surface area contributed by atoms with Crippen molar-refractivity contribution in [1.82, 2.24) is 4.90 Å². The van der Waals surface area contributed by atoms with Crippen molar-refractivity contribution in [3.8, 4) is 0 Å². The van der Waals surface area contributed by atoms with E-state index in [-0.39, 0.29) is 17.8 Å². The zero-order valence-corrected chi connectivity index (χ0v) is 15.9. The summed E-state index contributed by atoms with van der Waals surface area (Å²) in [6.45, 7) is 5.77. The van der Waals surface area contributed by atoms with Crippen LogP contribution in [0.2, 0.25) is 5.02 Å². The van der Waals surface area contributed by atoms with Gasteiger partial charge in [-0.25, -0.2) is 9.79 Å². The van der Waals surface area contributed by atoms with E-state index in [0.29, 0.717) is 27.9 Å². The predicted octanol–water partition coefficient (Wildman–Crippen LogP) is 3.94. The molecule has 0 saturated carbocycles. The zero-order valence-electron chi connectivity index (χ0n) is 14.3. The highest BCUT2D eigenvalue weighted by molar-refractivity contribution is 8.15. The number of halogens is 1.